The van der Waals surface area contributed by atoms with Crippen molar-refractivity contribution in [2.24, 2.45) is 0 Å². The van der Waals surface area contributed by atoms with Crippen LogP contribution in [0.15, 0.2) is 28.7 Å². The molecule has 1 aromatic carbocycles. The first-order valence-corrected chi connectivity index (χ1v) is 6.61. The van der Waals surface area contributed by atoms with Crippen LogP contribution < -0.4 is 5.32 Å². The number of nitrogens with zero attached hydrogens (tertiary/aromatic N) is 1. The molecule has 18 heavy (non-hydrogen) atoms. The minimum absolute atomic E-state index is 0.713. The van der Waals surface area contributed by atoms with E-state index in [-0.39, 0.29) is 0 Å². The van der Waals surface area contributed by atoms with Crippen molar-refractivity contribution in [1.82, 2.24) is 10.2 Å². The van der Waals surface area contributed by atoms with Gasteiger partial charge in [0.1, 0.15) is 11.3 Å². The van der Waals surface area contributed by atoms with Gasteiger partial charge >= 0.3 is 0 Å². The Hall–Kier alpha value is -1.32. The summed E-state index contributed by atoms with van der Waals surface area (Å²) in [6, 6.07) is 9.02. The Morgan fingerprint density at radius 1 is 1.28 bits per heavy atom. The van der Waals surface area contributed by atoms with Gasteiger partial charge in [-0.15, -0.1) is 0 Å². The summed E-state index contributed by atoms with van der Waals surface area (Å²) in [6.07, 6.45) is 2.62. The van der Waals surface area contributed by atoms with Gasteiger partial charge in [0.2, 0.25) is 0 Å². The largest absolute Gasteiger partial charge is 0.459 e. The molecule has 0 unspecified atom stereocenters. The number of hydrogen-bond donors (Lipinski definition) is 1. The lowest BCUT2D eigenvalue weighted by Crippen LogP contribution is -2.17. The van der Waals surface area contributed by atoms with Crippen molar-refractivity contribution in [3.8, 4) is 0 Å². The lowest BCUT2D eigenvalue weighted by Gasteiger charge is -2.10. The van der Waals surface area contributed by atoms with Crippen molar-refractivity contribution in [2.75, 3.05) is 14.1 Å². The summed E-state index contributed by atoms with van der Waals surface area (Å²) in [5.74, 6) is 1.09. The molecular weight excluding hydrogens is 224 g/mol. The van der Waals surface area contributed by atoms with Gasteiger partial charge in [-0.2, -0.15) is 0 Å². The van der Waals surface area contributed by atoms with E-state index in [2.05, 4.69) is 42.5 Å². The first-order valence-electron chi connectivity index (χ1n) is 6.61. The maximum atomic E-state index is 5.99. The van der Waals surface area contributed by atoms with E-state index in [1.807, 2.05) is 6.07 Å². The van der Waals surface area contributed by atoms with Gasteiger partial charge < -0.3 is 14.6 Å². The normalized spacial score (nSPS) is 15.7. The molecule has 3 rings (SSSR count). The minimum Gasteiger partial charge on any atom is -0.459 e. The standard InChI is InChI=1S/C15H20N2O/c1-17(2)10-13-12-5-3-4-6-14(12)18-15(13)9-16-11-7-8-11/h3-6,11,16H,7-10H2,1-2H3. The fraction of sp³-hybridized carbons (Fsp3) is 0.467. The van der Waals surface area contributed by atoms with Gasteiger partial charge in [0.05, 0.1) is 6.54 Å². The molecule has 1 aliphatic rings. The van der Waals surface area contributed by atoms with Crippen molar-refractivity contribution < 1.29 is 4.42 Å². The number of hydrogen-bond acceptors (Lipinski definition) is 3. The summed E-state index contributed by atoms with van der Waals surface area (Å²) < 4.78 is 5.99. The van der Waals surface area contributed by atoms with Crippen LogP contribution in [0.1, 0.15) is 24.2 Å². The van der Waals surface area contributed by atoms with Crippen LogP contribution in [0.25, 0.3) is 11.0 Å². The molecule has 0 amide bonds. The van der Waals surface area contributed by atoms with E-state index in [0.717, 1.165) is 24.4 Å². The minimum atomic E-state index is 0.713. The van der Waals surface area contributed by atoms with Gasteiger partial charge in [-0.1, -0.05) is 18.2 Å². The van der Waals surface area contributed by atoms with Crippen molar-refractivity contribution in [3.05, 3.63) is 35.6 Å². The lowest BCUT2D eigenvalue weighted by atomic mass is 10.1. The van der Waals surface area contributed by atoms with Gasteiger partial charge in [0.25, 0.3) is 0 Å². The monoisotopic (exact) mass is 244 g/mol. The second-order valence-corrected chi connectivity index (χ2v) is 5.39. The van der Waals surface area contributed by atoms with E-state index in [9.17, 15) is 0 Å². The van der Waals surface area contributed by atoms with Crippen molar-refractivity contribution >= 4 is 11.0 Å². The highest BCUT2D eigenvalue weighted by Crippen LogP contribution is 2.28. The number of fused-ring (bicyclic) bond motifs is 1. The molecule has 1 saturated carbocycles. The summed E-state index contributed by atoms with van der Waals surface area (Å²) in [6.45, 7) is 1.78. The third-order valence-electron chi connectivity index (χ3n) is 3.38. The van der Waals surface area contributed by atoms with E-state index in [1.54, 1.807) is 0 Å². The highest BCUT2D eigenvalue weighted by molar-refractivity contribution is 5.82. The van der Waals surface area contributed by atoms with E-state index in [4.69, 9.17) is 4.42 Å². The zero-order valence-electron chi connectivity index (χ0n) is 11.1. The second-order valence-electron chi connectivity index (χ2n) is 5.39. The molecule has 0 spiro atoms. The Kier molecular flexibility index (Phi) is 3.10. The molecule has 1 heterocycles. The summed E-state index contributed by atoms with van der Waals surface area (Å²) in [7, 11) is 4.19. The maximum absolute atomic E-state index is 5.99. The average molecular weight is 244 g/mol. The Labute approximate surface area is 108 Å². The molecular formula is C15H20N2O. The predicted molar refractivity (Wildman–Crippen MR) is 73.5 cm³/mol. The van der Waals surface area contributed by atoms with Gasteiger partial charge in [-0.25, -0.2) is 0 Å². The van der Waals surface area contributed by atoms with Gasteiger partial charge in [0, 0.05) is 23.5 Å². The summed E-state index contributed by atoms with van der Waals surface area (Å²) >= 11 is 0. The van der Waals surface area contributed by atoms with Crippen LogP contribution >= 0.6 is 0 Å². The third-order valence-corrected chi connectivity index (χ3v) is 3.38. The fourth-order valence-electron chi connectivity index (χ4n) is 2.31. The van der Waals surface area contributed by atoms with Crippen LogP contribution in [-0.2, 0) is 13.1 Å². The zero-order valence-corrected chi connectivity index (χ0v) is 11.1. The Morgan fingerprint density at radius 2 is 2.06 bits per heavy atom. The van der Waals surface area contributed by atoms with Crippen LogP contribution in [0.3, 0.4) is 0 Å². The van der Waals surface area contributed by atoms with Gasteiger partial charge in [-0.3, -0.25) is 0 Å². The lowest BCUT2D eigenvalue weighted by molar-refractivity contribution is 0.394. The Balaban J connectivity index is 1.93. The van der Waals surface area contributed by atoms with Crippen LogP contribution in [0, 0.1) is 0 Å². The first kappa shape index (κ1) is 11.8. The Morgan fingerprint density at radius 3 is 2.78 bits per heavy atom. The van der Waals surface area contributed by atoms with Crippen molar-refractivity contribution in [2.45, 2.75) is 32.0 Å². The molecule has 1 aliphatic carbocycles. The molecule has 1 fully saturated rings. The smallest absolute Gasteiger partial charge is 0.134 e. The van der Waals surface area contributed by atoms with Crippen LogP contribution in [0.4, 0.5) is 0 Å². The van der Waals surface area contributed by atoms with Crippen molar-refractivity contribution in [1.29, 1.82) is 0 Å². The van der Waals surface area contributed by atoms with E-state index in [1.165, 1.54) is 23.8 Å². The summed E-state index contributed by atoms with van der Waals surface area (Å²) in [5.41, 5.74) is 2.32. The van der Waals surface area contributed by atoms with E-state index in [0.29, 0.717) is 6.04 Å². The molecule has 3 nitrogen and oxygen atoms in total. The maximum Gasteiger partial charge on any atom is 0.134 e. The van der Waals surface area contributed by atoms with Crippen LogP contribution in [0.5, 0.6) is 0 Å². The van der Waals surface area contributed by atoms with Crippen LogP contribution in [0.2, 0.25) is 0 Å². The number of furan rings is 1. The highest BCUT2D eigenvalue weighted by Gasteiger charge is 2.22. The molecule has 0 radical (unpaired) electrons. The topological polar surface area (TPSA) is 28.4 Å². The molecule has 3 heteroatoms. The quantitative estimate of drug-likeness (QED) is 0.876. The molecule has 1 N–H and O–H groups in total. The predicted octanol–water partition coefficient (Wildman–Crippen LogP) is 2.75. The zero-order chi connectivity index (χ0) is 12.5. The third kappa shape index (κ3) is 2.42. The molecule has 1 aromatic heterocycles. The van der Waals surface area contributed by atoms with E-state index < -0.39 is 0 Å². The fourth-order valence-corrected chi connectivity index (χ4v) is 2.31. The van der Waals surface area contributed by atoms with Gasteiger partial charge in [0.15, 0.2) is 0 Å². The molecule has 0 aliphatic heterocycles. The number of benzene rings is 1. The number of para-hydroxylation sites is 1. The number of nitrogens with one attached hydrogen (secondary N) is 1. The SMILES string of the molecule is CN(C)Cc1c(CNC2CC2)oc2ccccc12. The summed E-state index contributed by atoms with van der Waals surface area (Å²) in [4.78, 5) is 2.19. The number of rotatable bonds is 5. The molecule has 0 bridgehead atoms. The van der Waals surface area contributed by atoms with Crippen molar-refractivity contribution in [3.63, 3.8) is 0 Å². The van der Waals surface area contributed by atoms with Gasteiger partial charge in [-0.05, 0) is 33.0 Å². The Bertz CT molecular complexity index is 540. The van der Waals surface area contributed by atoms with E-state index >= 15 is 0 Å². The molecule has 0 atom stereocenters. The average Bonchev–Trinajstić information content (AvgIpc) is 3.11. The highest BCUT2D eigenvalue weighted by atomic mass is 16.3. The second kappa shape index (κ2) is 4.75. The van der Waals surface area contributed by atoms with Crippen LogP contribution in [-0.4, -0.2) is 25.0 Å². The molecule has 0 saturated heterocycles. The molecule has 96 valence electrons. The summed E-state index contributed by atoms with van der Waals surface area (Å²) in [5, 5.41) is 4.78. The molecule has 2 aromatic rings. The first-order chi connectivity index (χ1) is 8.74.